The molecule has 1 saturated heterocycles. The second-order valence-corrected chi connectivity index (χ2v) is 8.81. The zero-order valence-corrected chi connectivity index (χ0v) is 17.6. The Morgan fingerprint density at radius 3 is 2.69 bits per heavy atom. The van der Waals surface area contributed by atoms with Crippen LogP contribution in [-0.4, -0.2) is 49.3 Å². The smallest absolute Gasteiger partial charge is 0.163 e. The summed E-state index contributed by atoms with van der Waals surface area (Å²) in [6.07, 6.45) is 11.0. The van der Waals surface area contributed by atoms with Crippen molar-refractivity contribution in [2.75, 3.05) is 38.7 Å². The number of aromatic nitrogens is 1. The van der Waals surface area contributed by atoms with E-state index < -0.39 is 0 Å². The first kappa shape index (κ1) is 19.0. The minimum atomic E-state index is 0.609. The number of likely N-dealkylation sites (tertiary alicyclic amines) is 1. The maximum absolute atomic E-state index is 6.16. The highest BCUT2D eigenvalue weighted by Gasteiger charge is 2.25. The van der Waals surface area contributed by atoms with Crippen LogP contribution in [0, 0.1) is 0 Å². The fourth-order valence-corrected chi connectivity index (χ4v) is 4.94. The third-order valence-corrected chi connectivity index (χ3v) is 6.83. The molecular weight excluding hydrogens is 362 g/mol. The summed E-state index contributed by atoms with van der Waals surface area (Å²) >= 11 is 0. The number of hydrogen-bond donors (Lipinski definition) is 1. The second kappa shape index (κ2) is 8.39. The molecule has 1 aliphatic heterocycles. The van der Waals surface area contributed by atoms with E-state index >= 15 is 0 Å². The maximum atomic E-state index is 6.16. The molecule has 0 unspecified atom stereocenters. The van der Waals surface area contributed by atoms with Crippen LogP contribution in [0.3, 0.4) is 0 Å². The van der Waals surface area contributed by atoms with E-state index in [4.69, 9.17) is 14.5 Å². The molecule has 1 aromatic carbocycles. The molecule has 2 aliphatic carbocycles. The first-order chi connectivity index (χ1) is 14.3. The molecule has 5 nitrogen and oxygen atoms in total. The van der Waals surface area contributed by atoms with Crippen molar-refractivity contribution in [2.24, 2.45) is 0 Å². The van der Waals surface area contributed by atoms with Crippen LogP contribution in [0.15, 0.2) is 12.1 Å². The minimum absolute atomic E-state index is 0.609. The van der Waals surface area contributed by atoms with Gasteiger partial charge in [0.1, 0.15) is 0 Å². The van der Waals surface area contributed by atoms with Crippen molar-refractivity contribution in [3.05, 3.63) is 23.4 Å². The lowest BCUT2D eigenvalue weighted by Gasteiger charge is -2.29. The highest BCUT2D eigenvalue weighted by atomic mass is 16.5. The topological polar surface area (TPSA) is 46.6 Å². The quantitative estimate of drug-likeness (QED) is 0.664. The summed E-state index contributed by atoms with van der Waals surface area (Å²) < 4.78 is 11.9. The highest BCUT2D eigenvalue weighted by Crippen LogP contribution is 2.41. The Hall–Kier alpha value is -2.01. The Morgan fingerprint density at radius 1 is 1.07 bits per heavy atom. The number of aryl methyl sites for hydroxylation is 1. The fraction of sp³-hybridized carbons (Fsp3) is 0.625. The van der Waals surface area contributed by atoms with Gasteiger partial charge in [-0.2, -0.15) is 0 Å². The number of fused-ring (bicyclic) bond motifs is 2. The average Bonchev–Trinajstić information content (AvgIpc) is 3.38. The number of anilines is 1. The monoisotopic (exact) mass is 395 g/mol. The van der Waals surface area contributed by atoms with Gasteiger partial charge in [-0.1, -0.05) is 0 Å². The lowest BCUT2D eigenvalue weighted by atomic mass is 9.92. The summed E-state index contributed by atoms with van der Waals surface area (Å²) in [5, 5.41) is 5.01. The van der Waals surface area contributed by atoms with E-state index in [1.807, 2.05) is 0 Å². The van der Waals surface area contributed by atoms with Crippen LogP contribution in [0.2, 0.25) is 0 Å². The van der Waals surface area contributed by atoms with Gasteiger partial charge in [-0.05, 0) is 82.5 Å². The van der Waals surface area contributed by atoms with E-state index in [1.165, 1.54) is 73.9 Å². The molecule has 5 heteroatoms. The Bertz CT molecular complexity index is 872. The van der Waals surface area contributed by atoms with Crippen molar-refractivity contribution >= 4 is 16.6 Å². The molecule has 0 atom stereocenters. The van der Waals surface area contributed by atoms with Gasteiger partial charge in [0.25, 0.3) is 0 Å². The molecule has 1 aromatic heterocycles. The van der Waals surface area contributed by atoms with Crippen LogP contribution >= 0.6 is 0 Å². The standard InChI is InChI=1S/C24H33N3O2/c1-28-22-15-19-21(16-23(22)29-14-6-13-27-11-2-3-12-27)26-20-10-5-9-18(20)24(19)25-17-7-4-8-17/h15-17H,2-14H2,1H3,(H,25,26). The van der Waals surface area contributed by atoms with Gasteiger partial charge in [-0.25, -0.2) is 0 Å². The van der Waals surface area contributed by atoms with Gasteiger partial charge >= 0.3 is 0 Å². The van der Waals surface area contributed by atoms with Crippen molar-refractivity contribution in [2.45, 2.75) is 63.8 Å². The lowest BCUT2D eigenvalue weighted by molar-refractivity contribution is 0.254. The third kappa shape index (κ3) is 3.89. The second-order valence-electron chi connectivity index (χ2n) is 8.81. The number of nitrogens with zero attached hydrogens (tertiary/aromatic N) is 2. The molecule has 156 valence electrons. The van der Waals surface area contributed by atoms with Crippen LogP contribution in [-0.2, 0) is 12.8 Å². The van der Waals surface area contributed by atoms with Gasteiger partial charge in [0, 0.05) is 35.4 Å². The van der Waals surface area contributed by atoms with Crippen molar-refractivity contribution in [1.82, 2.24) is 9.88 Å². The molecule has 1 saturated carbocycles. The predicted molar refractivity (Wildman–Crippen MR) is 117 cm³/mol. The van der Waals surface area contributed by atoms with E-state index in [-0.39, 0.29) is 0 Å². The normalized spacial score (nSPS) is 19.3. The number of rotatable bonds is 8. The maximum Gasteiger partial charge on any atom is 0.163 e. The van der Waals surface area contributed by atoms with Gasteiger partial charge in [-0.3, -0.25) is 4.98 Å². The van der Waals surface area contributed by atoms with E-state index in [9.17, 15) is 0 Å². The molecule has 0 bridgehead atoms. The van der Waals surface area contributed by atoms with Crippen molar-refractivity contribution < 1.29 is 9.47 Å². The summed E-state index contributed by atoms with van der Waals surface area (Å²) in [6, 6.07) is 4.84. The first-order valence-corrected chi connectivity index (χ1v) is 11.5. The van der Waals surface area contributed by atoms with Gasteiger partial charge in [-0.15, -0.1) is 0 Å². The minimum Gasteiger partial charge on any atom is -0.493 e. The number of ether oxygens (including phenoxy) is 2. The summed E-state index contributed by atoms with van der Waals surface area (Å²) in [7, 11) is 1.73. The molecule has 5 rings (SSSR count). The van der Waals surface area contributed by atoms with E-state index in [0.29, 0.717) is 6.04 Å². The molecule has 1 N–H and O–H groups in total. The average molecular weight is 396 g/mol. The molecule has 2 aromatic rings. The van der Waals surface area contributed by atoms with Gasteiger partial charge < -0.3 is 19.7 Å². The van der Waals surface area contributed by atoms with Crippen LogP contribution in [0.25, 0.3) is 10.9 Å². The summed E-state index contributed by atoms with van der Waals surface area (Å²) in [6.45, 7) is 4.32. The number of hydrogen-bond acceptors (Lipinski definition) is 5. The van der Waals surface area contributed by atoms with Crippen molar-refractivity contribution in [1.29, 1.82) is 0 Å². The summed E-state index contributed by atoms with van der Waals surface area (Å²) in [4.78, 5) is 7.54. The molecule has 0 spiro atoms. The molecule has 3 aliphatic rings. The lowest BCUT2D eigenvalue weighted by Crippen LogP contribution is -2.27. The van der Waals surface area contributed by atoms with E-state index in [1.54, 1.807) is 7.11 Å². The largest absolute Gasteiger partial charge is 0.493 e. The Balaban J connectivity index is 1.39. The highest BCUT2D eigenvalue weighted by molar-refractivity contribution is 5.96. The van der Waals surface area contributed by atoms with Gasteiger partial charge in [0.2, 0.25) is 0 Å². The molecule has 0 radical (unpaired) electrons. The zero-order chi connectivity index (χ0) is 19.6. The van der Waals surface area contributed by atoms with Crippen LogP contribution < -0.4 is 14.8 Å². The third-order valence-electron chi connectivity index (χ3n) is 6.83. The molecule has 2 heterocycles. The van der Waals surface area contributed by atoms with Crippen molar-refractivity contribution in [3.8, 4) is 11.5 Å². The van der Waals surface area contributed by atoms with Crippen LogP contribution in [0.5, 0.6) is 11.5 Å². The van der Waals surface area contributed by atoms with Gasteiger partial charge in [0.15, 0.2) is 11.5 Å². The summed E-state index contributed by atoms with van der Waals surface area (Å²) in [5.74, 6) is 1.64. The van der Waals surface area contributed by atoms with E-state index in [2.05, 4.69) is 22.3 Å². The number of nitrogens with one attached hydrogen (secondary N) is 1. The Morgan fingerprint density at radius 2 is 1.93 bits per heavy atom. The molecule has 2 fully saturated rings. The molecule has 29 heavy (non-hydrogen) atoms. The SMILES string of the molecule is COc1cc2c(NC3CCC3)c3c(nc2cc1OCCCN1CCCC1)CCC3. The molecular formula is C24H33N3O2. The van der Waals surface area contributed by atoms with Gasteiger partial charge in [0.05, 0.1) is 19.2 Å². The van der Waals surface area contributed by atoms with Crippen LogP contribution in [0.4, 0.5) is 5.69 Å². The fourth-order valence-electron chi connectivity index (χ4n) is 4.94. The zero-order valence-electron chi connectivity index (χ0n) is 17.6. The van der Waals surface area contributed by atoms with Crippen LogP contribution in [0.1, 0.15) is 56.2 Å². The number of benzene rings is 1. The first-order valence-electron chi connectivity index (χ1n) is 11.5. The van der Waals surface area contributed by atoms with E-state index in [0.717, 1.165) is 49.4 Å². The Labute approximate surface area is 173 Å². The number of pyridine rings is 1. The van der Waals surface area contributed by atoms with Crippen molar-refractivity contribution in [3.63, 3.8) is 0 Å². The molecule has 0 amide bonds. The summed E-state index contributed by atoms with van der Waals surface area (Å²) in [5.41, 5.74) is 5.02. The Kier molecular flexibility index (Phi) is 5.49. The number of methoxy groups -OCH3 is 1. The predicted octanol–water partition coefficient (Wildman–Crippen LogP) is 4.56.